The molecule has 0 aromatic carbocycles. The highest BCUT2D eigenvalue weighted by Gasteiger charge is 2.21. The van der Waals surface area contributed by atoms with E-state index in [1.165, 1.54) is 14.2 Å². The van der Waals surface area contributed by atoms with E-state index in [2.05, 4.69) is 14.8 Å². The van der Waals surface area contributed by atoms with Crippen molar-refractivity contribution in [1.82, 2.24) is 5.32 Å². The van der Waals surface area contributed by atoms with Gasteiger partial charge in [-0.05, 0) is 38.0 Å². The third kappa shape index (κ3) is 5.49. The second-order valence-electron chi connectivity index (χ2n) is 4.79. The summed E-state index contributed by atoms with van der Waals surface area (Å²) in [6, 6.07) is 0.401. The van der Waals surface area contributed by atoms with Gasteiger partial charge < -0.3 is 14.8 Å². The van der Waals surface area contributed by atoms with Crippen LogP contribution in [0.25, 0.3) is 0 Å². The molecule has 0 aromatic heterocycles. The maximum absolute atomic E-state index is 11.0. The Morgan fingerprint density at radius 1 is 1.06 bits per heavy atom. The molecule has 18 heavy (non-hydrogen) atoms. The molecule has 1 aliphatic rings. The molecule has 1 aliphatic carbocycles. The first-order valence-corrected chi connectivity index (χ1v) is 6.52. The van der Waals surface area contributed by atoms with Gasteiger partial charge in [0.25, 0.3) is 0 Å². The van der Waals surface area contributed by atoms with Crippen molar-refractivity contribution in [2.45, 2.75) is 44.6 Å². The maximum atomic E-state index is 11.0. The number of nitrogens with one attached hydrogen (secondary N) is 1. The Kier molecular flexibility index (Phi) is 6.72. The normalized spacial score (nSPS) is 23.4. The molecule has 1 N–H and O–H groups in total. The lowest BCUT2D eigenvalue weighted by Gasteiger charge is -2.28. The smallest absolute Gasteiger partial charge is 0.319 e. The molecule has 0 spiro atoms. The molecule has 0 radical (unpaired) electrons. The summed E-state index contributed by atoms with van der Waals surface area (Å²) in [5, 5.41) is 3.20. The summed E-state index contributed by atoms with van der Waals surface area (Å²) in [6.45, 7) is 0.286. The third-order valence-corrected chi connectivity index (χ3v) is 3.59. The topological polar surface area (TPSA) is 64.6 Å². The van der Waals surface area contributed by atoms with E-state index in [0.717, 1.165) is 32.1 Å². The number of ether oxygens (including phenoxy) is 2. The fourth-order valence-electron chi connectivity index (χ4n) is 2.38. The summed E-state index contributed by atoms with van der Waals surface area (Å²) in [7, 11) is 2.82. The van der Waals surface area contributed by atoms with Gasteiger partial charge in [0.1, 0.15) is 0 Å². The van der Waals surface area contributed by atoms with Crippen molar-refractivity contribution in [2.75, 3.05) is 20.8 Å². The Labute approximate surface area is 108 Å². The molecule has 0 amide bonds. The maximum Gasteiger partial charge on any atom is 0.319 e. The molecule has 104 valence electrons. The molecule has 0 unspecified atom stereocenters. The van der Waals surface area contributed by atoms with Crippen LogP contribution in [-0.4, -0.2) is 38.7 Å². The Balaban J connectivity index is 2.12. The largest absolute Gasteiger partial charge is 0.469 e. The predicted octanol–water partition coefficient (Wildman–Crippen LogP) is 1.26. The van der Waals surface area contributed by atoms with Gasteiger partial charge in [-0.25, -0.2) is 0 Å². The Morgan fingerprint density at radius 3 is 2.22 bits per heavy atom. The fourth-order valence-corrected chi connectivity index (χ4v) is 2.38. The van der Waals surface area contributed by atoms with E-state index < -0.39 is 0 Å². The first kappa shape index (κ1) is 15.0. The van der Waals surface area contributed by atoms with Crippen LogP contribution in [0.3, 0.4) is 0 Å². The standard InChI is InChI=1S/C13H23NO4/c1-17-12(15)8-5-10-3-6-11(7-4-10)14-9-13(16)18-2/h10-11,14H,3-9H2,1-2H3. The van der Waals surface area contributed by atoms with Gasteiger partial charge >= 0.3 is 11.9 Å². The molecule has 0 atom stereocenters. The van der Waals surface area contributed by atoms with E-state index >= 15 is 0 Å². The quantitative estimate of drug-likeness (QED) is 0.726. The van der Waals surface area contributed by atoms with Crippen molar-refractivity contribution in [3.05, 3.63) is 0 Å². The lowest BCUT2D eigenvalue weighted by molar-refractivity contribution is -0.141. The molecule has 0 aromatic rings. The van der Waals surface area contributed by atoms with Gasteiger partial charge in [-0.15, -0.1) is 0 Å². The van der Waals surface area contributed by atoms with Gasteiger partial charge in [0.05, 0.1) is 20.8 Å². The van der Waals surface area contributed by atoms with E-state index in [1.807, 2.05) is 0 Å². The minimum Gasteiger partial charge on any atom is -0.469 e. The van der Waals surface area contributed by atoms with Gasteiger partial charge in [0.15, 0.2) is 0 Å². The molecule has 5 nitrogen and oxygen atoms in total. The number of hydrogen-bond acceptors (Lipinski definition) is 5. The molecular weight excluding hydrogens is 234 g/mol. The van der Waals surface area contributed by atoms with E-state index in [-0.39, 0.29) is 18.5 Å². The van der Waals surface area contributed by atoms with Crippen LogP contribution in [-0.2, 0) is 19.1 Å². The summed E-state index contributed by atoms with van der Waals surface area (Å²) in [6.07, 6.45) is 5.76. The van der Waals surface area contributed by atoms with E-state index in [9.17, 15) is 9.59 Å². The number of hydrogen-bond donors (Lipinski definition) is 1. The van der Waals surface area contributed by atoms with Crippen molar-refractivity contribution in [2.24, 2.45) is 5.92 Å². The van der Waals surface area contributed by atoms with Gasteiger partial charge in [-0.1, -0.05) is 0 Å². The number of carbonyl (C=O) groups excluding carboxylic acids is 2. The minimum absolute atomic E-state index is 0.124. The number of esters is 2. The van der Waals surface area contributed by atoms with E-state index in [0.29, 0.717) is 18.4 Å². The zero-order valence-corrected chi connectivity index (χ0v) is 11.2. The summed E-state index contributed by atoms with van der Waals surface area (Å²) in [5.74, 6) is 0.268. The van der Waals surface area contributed by atoms with Crippen LogP contribution in [0, 0.1) is 5.92 Å². The third-order valence-electron chi connectivity index (χ3n) is 3.59. The predicted molar refractivity (Wildman–Crippen MR) is 67.0 cm³/mol. The van der Waals surface area contributed by atoms with E-state index in [4.69, 9.17) is 0 Å². The van der Waals surface area contributed by atoms with Crippen molar-refractivity contribution in [3.8, 4) is 0 Å². The van der Waals surface area contributed by atoms with Crippen LogP contribution < -0.4 is 5.32 Å². The van der Waals surface area contributed by atoms with Crippen LogP contribution in [0.4, 0.5) is 0 Å². The van der Waals surface area contributed by atoms with Gasteiger partial charge in [-0.2, -0.15) is 0 Å². The van der Waals surface area contributed by atoms with Gasteiger partial charge in [0.2, 0.25) is 0 Å². The van der Waals surface area contributed by atoms with Gasteiger partial charge in [-0.3, -0.25) is 9.59 Å². The molecule has 5 heteroatoms. The van der Waals surface area contributed by atoms with Crippen molar-refractivity contribution >= 4 is 11.9 Å². The molecule has 1 saturated carbocycles. The van der Waals surface area contributed by atoms with Gasteiger partial charge in [0, 0.05) is 12.5 Å². The molecular formula is C13H23NO4. The Morgan fingerprint density at radius 2 is 1.67 bits per heavy atom. The average molecular weight is 257 g/mol. The van der Waals surface area contributed by atoms with Crippen LogP contribution in [0.1, 0.15) is 38.5 Å². The zero-order chi connectivity index (χ0) is 13.4. The molecule has 1 rings (SSSR count). The van der Waals surface area contributed by atoms with E-state index in [1.54, 1.807) is 0 Å². The SMILES string of the molecule is COC(=O)CCC1CCC(NCC(=O)OC)CC1. The summed E-state index contributed by atoms with van der Waals surface area (Å²) in [5.41, 5.74) is 0. The van der Waals surface area contributed by atoms with Crippen molar-refractivity contribution in [1.29, 1.82) is 0 Å². The summed E-state index contributed by atoms with van der Waals surface area (Å²) in [4.78, 5) is 22.0. The highest BCUT2D eigenvalue weighted by molar-refractivity contribution is 5.71. The number of rotatable bonds is 6. The highest BCUT2D eigenvalue weighted by Crippen LogP contribution is 2.27. The Hall–Kier alpha value is -1.10. The fraction of sp³-hybridized carbons (Fsp3) is 0.846. The molecule has 0 heterocycles. The van der Waals surface area contributed by atoms with Crippen molar-refractivity contribution < 1.29 is 19.1 Å². The first-order chi connectivity index (χ1) is 8.65. The second-order valence-corrected chi connectivity index (χ2v) is 4.79. The number of carbonyl (C=O) groups is 2. The monoisotopic (exact) mass is 257 g/mol. The second kappa shape index (κ2) is 8.08. The van der Waals surface area contributed by atoms with Crippen molar-refractivity contribution in [3.63, 3.8) is 0 Å². The zero-order valence-electron chi connectivity index (χ0n) is 11.2. The van der Waals surface area contributed by atoms with Crippen LogP contribution in [0.15, 0.2) is 0 Å². The van der Waals surface area contributed by atoms with Crippen LogP contribution >= 0.6 is 0 Å². The lowest BCUT2D eigenvalue weighted by Crippen LogP contribution is -2.37. The van der Waals surface area contributed by atoms with Crippen LogP contribution in [0.5, 0.6) is 0 Å². The molecule has 0 aliphatic heterocycles. The molecule has 0 bridgehead atoms. The molecule has 0 saturated heterocycles. The highest BCUT2D eigenvalue weighted by atomic mass is 16.5. The lowest BCUT2D eigenvalue weighted by atomic mass is 9.83. The summed E-state index contributed by atoms with van der Waals surface area (Å²) < 4.78 is 9.22. The Bertz CT molecular complexity index is 244. The summed E-state index contributed by atoms with van der Waals surface area (Å²) >= 11 is 0. The number of methoxy groups -OCH3 is 2. The van der Waals surface area contributed by atoms with Crippen LogP contribution in [0.2, 0.25) is 0 Å². The average Bonchev–Trinajstić information content (AvgIpc) is 2.43. The minimum atomic E-state index is -0.220. The molecule has 1 fully saturated rings. The first-order valence-electron chi connectivity index (χ1n) is 6.52.